The van der Waals surface area contributed by atoms with Crippen molar-refractivity contribution in [1.82, 2.24) is 0 Å². The highest BCUT2D eigenvalue weighted by Gasteiger charge is 2.21. The van der Waals surface area contributed by atoms with E-state index in [2.05, 4.69) is 71.7 Å². The molecule has 108 valence electrons. The zero-order valence-electron chi connectivity index (χ0n) is 13.5. The maximum atomic E-state index is 9.38. The van der Waals surface area contributed by atoms with Crippen LogP contribution in [0, 0.1) is 12.3 Å². The van der Waals surface area contributed by atoms with Gasteiger partial charge in [-0.1, -0.05) is 46.8 Å². The second-order valence-electron chi connectivity index (χ2n) is 7.43. The molecule has 0 aliphatic carbocycles. The molecule has 0 bridgehead atoms. The average molecular weight is 263 g/mol. The molecule has 0 saturated heterocycles. The molecule has 1 N–H and O–H groups in total. The molecule has 0 fully saturated rings. The molecule has 0 aliphatic heterocycles. The molecular formula is C17H29NO. The van der Waals surface area contributed by atoms with Crippen LogP contribution in [0.3, 0.4) is 0 Å². The van der Waals surface area contributed by atoms with Crippen LogP contribution in [0.15, 0.2) is 18.2 Å². The van der Waals surface area contributed by atoms with Crippen molar-refractivity contribution in [1.29, 1.82) is 0 Å². The average Bonchev–Trinajstić information content (AvgIpc) is 2.26. The highest BCUT2D eigenvalue weighted by molar-refractivity contribution is 5.54. The number of aliphatic hydroxyl groups is 1. The summed E-state index contributed by atoms with van der Waals surface area (Å²) in [4.78, 5) is 2.23. The van der Waals surface area contributed by atoms with E-state index in [1.54, 1.807) is 0 Å². The second-order valence-corrected chi connectivity index (χ2v) is 7.43. The Bertz CT molecular complexity index is 429. The molecule has 0 aliphatic rings. The smallest absolute Gasteiger partial charge is 0.0499 e. The zero-order chi connectivity index (χ0) is 14.8. The summed E-state index contributed by atoms with van der Waals surface area (Å²) in [7, 11) is 2.09. The van der Waals surface area contributed by atoms with Gasteiger partial charge in [0.1, 0.15) is 0 Å². The van der Waals surface area contributed by atoms with E-state index in [4.69, 9.17) is 0 Å². The predicted octanol–water partition coefficient (Wildman–Crippen LogP) is 3.75. The van der Waals surface area contributed by atoms with Crippen molar-refractivity contribution in [2.45, 2.75) is 47.0 Å². The monoisotopic (exact) mass is 263 g/mol. The first-order chi connectivity index (χ1) is 8.57. The summed E-state index contributed by atoms with van der Waals surface area (Å²) < 4.78 is 0. The minimum atomic E-state index is -0.0795. The van der Waals surface area contributed by atoms with Gasteiger partial charge >= 0.3 is 0 Å². The summed E-state index contributed by atoms with van der Waals surface area (Å²) in [6.07, 6.45) is 0. The molecule has 0 heterocycles. The standard InChI is InChI=1S/C17H29NO/c1-13-10-14(16(2,3)4)8-9-15(13)18(7)11-17(5,6)12-19/h8-10,19H,11-12H2,1-7H3. The Morgan fingerprint density at radius 1 is 1.11 bits per heavy atom. The first-order valence-electron chi connectivity index (χ1n) is 7.00. The summed E-state index contributed by atoms with van der Waals surface area (Å²) in [5.74, 6) is 0. The number of anilines is 1. The Balaban J connectivity index is 2.97. The number of rotatable bonds is 4. The second kappa shape index (κ2) is 5.54. The topological polar surface area (TPSA) is 23.5 Å². The van der Waals surface area contributed by atoms with E-state index in [-0.39, 0.29) is 17.4 Å². The molecule has 0 aromatic heterocycles. The highest BCUT2D eigenvalue weighted by atomic mass is 16.3. The van der Waals surface area contributed by atoms with E-state index < -0.39 is 0 Å². The van der Waals surface area contributed by atoms with Crippen LogP contribution >= 0.6 is 0 Å². The predicted molar refractivity (Wildman–Crippen MR) is 84.0 cm³/mol. The third-order valence-electron chi connectivity index (χ3n) is 3.57. The van der Waals surface area contributed by atoms with Crippen molar-refractivity contribution in [2.24, 2.45) is 5.41 Å². The Morgan fingerprint density at radius 3 is 2.11 bits per heavy atom. The Labute approximate surface area is 118 Å². The van der Waals surface area contributed by atoms with Gasteiger partial charge in [-0.15, -0.1) is 0 Å². The fourth-order valence-corrected chi connectivity index (χ4v) is 2.33. The van der Waals surface area contributed by atoms with Gasteiger partial charge in [0.05, 0.1) is 0 Å². The summed E-state index contributed by atoms with van der Waals surface area (Å²) in [6.45, 7) is 14.1. The normalized spacial score (nSPS) is 12.6. The number of benzene rings is 1. The molecule has 19 heavy (non-hydrogen) atoms. The lowest BCUT2D eigenvalue weighted by molar-refractivity contribution is 0.165. The van der Waals surface area contributed by atoms with Gasteiger partial charge in [-0.25, -0.2) is 0 Å². The lowest BCUT2D eigenvalue weighted by Crippen LogP contribution is -2.34. The minimum absolute atomic E-state index is 0.0795. The Kier molecular flexibility index (Phi) is 4.67. The number of hydrogen-bond acceptors (Lipinski definition) is 2. The van der Waals surface area contributed by atoms with E-state index in [0.717, 1.165) is 6.54 Å². The first kappa shape index (κ1) is 16.0. The molecule has 2 heteroatoms. The van der Waals surface area contributed by atoms with E-state index in [1.807, 2.05) is 0 Å². The molecule has 1 aromatic carbocycles. The quantitative estimate of drug-likeness (QED) is 0.894. The SMILES string of the molecule is Cc1cc(C(C)(C)C)ccc1N(C)CC(C)(C)CO. The first-order valence-corrected chi connectivity index (χ1v) is 7.00. The minimum Gasteiger partial charge on any atom is -0.396 e. The van der Waals surface area contributed by atoms with Crippen LogP contribution in [0.4, 0.5) is 5.69 Å². The van der Waals surface area contributed by atoms with Gasteiger partial charge in [0.25, 0.3) is 0 Å². The van der Waals surface area contributed by atoms with Crippen LogP contribution in [0.5, 0.6) is 0 Å². The summed E-state index contributed by atoms with van der Waals surface area (Å²) in [5, 5.41) is 9.38. The molecule has 0 unspecified atom stereocenters. The molecule has 0 amide bonds. The van der Waals surface area contributed by atoms with Gasteiger partial charge in [0.15, 0.2) is 0 Å². The number of hydrogen-bond donors (Lipinski definition) is 1. The van der Waals surface area contributed by atoms with Crippen molar-refractivity contribution in [3.05, 3.63) is 29.3 Å². The molecule has 0 spiro atoms. The van der Waals surface area contributed by atoms with Gasteiger partial charge in [0, 0.05) is 31.3 Å². The van der Waals surface area contributed by atoms with Crippen LogP contribution in [-0.4, -0.2) is 25.3 Å². The van der Waals surface area contributed by atoms with Crippen LogP contribution < -0.4 is 4.90 Å². The molecule has 0 radical (unpaired) electrons. The van der Waals surface area contributed by atoms with Gasteiger partial charge < -0.3 is 10.0 Å². The number of nitrogens with zero attached hydrogens (tertiary/aromatic N) is 1. The van der Waals surface area contributed by atoms with Crippen LogP contribution in [0.1, 0.15) is 45.7 Å². The van der Waals surface area contributed by atoms with Gasteiger partial charge in [-0.3, -0.25) is 0 Å². The molecule has 1 rings (SSSR count). The highest BCUT2D eigenvalue weighted by Crippen LogP contribution is 2.29. The molecule has 1 aromatic rings. The van der Waals surface area contributed by atoms with Crippen LogP contribution in [-0.2, 0) is 5.41 Å². The lowest BCUT2D eigenvalue weighted by Gasteiger charge is -2.31. The molecule has 0 atom stereocenters. The Morgan fingerprint density at radius 2 is 1.68 bits per heavy atom. The van der Waals surface area contributed by atoms with Gasteiger partial charge in [-0.05, 0) is 29.5 Å². The fraction of sp³-hybridized carbons (Fsp3) is 0.647. The van der Waals surface area contributed by atoms with Gasteiger partial charge in [-0.2, -0.15) is 0 Å². The van der Waals surface area contributed by atoms with Crippen molar-refractivity contribution in [3.8, 4) is 0 Å². The van der Waals surface area contributed by atoms with Crippen molar-refractivity contribution < 1.29 is 5.11 Å². The Hall–Kier alpha value is -1.02. The molecule has 0 saturated carbocycles. The van der Waals surface area contributed by atoms with Crippen molar-refractivity contribution in [2.75, 3.05) is 25.1 Å². The fourth-order valence-electron chi connectivity index (χ4n) is 2.33. The largest absolute Gasteiger partial charge is 0.396 e. The lowest BCUT2D eigenvalue weighted by atomic mass is 9.86. The van der Waals surface area contributed by atoms with Crippen molar-refractivity contribution in [3.63, 3.8) is 0 Å². The number of aryl methyl sites for hydroxylation is 1. The van der Waals surface area contributed by atoms with Crippen LogP contribution in [0.25, 0.3) is 0 Å². The molecular weight excluding hydrogens is 234 g/mol. The van der Waals surface area contributed by atoms with E-state index in [0.29, 0.717) is 0 Å². The zero-order valence-corrected chi connectivity index (χ0v) is 13.5. The maximum absolute atomic E-state index is 9.38. The van der Waals surface area contributed by atoms with Crippen LogP contribution in [0.2, 0.25) is 0 Å². The number of aliphatic hydroxyl groups excluding tert-OH is 1. The maximum Gasteiger partial charge on any atom is 0.0499 e. The van der Waals surface area contributed by atoms with E-state index in [1.165, 1.54) is 16.8 Å². The van der Waals surface area contributed by atoms with E-state index in [9.17, 15) is 5.11 Å². The third-order valence-corrected chi connectivity index (χ3v) is 3.57. The summed E-state index contributed by atoms with van der Waals surface area (Å²) >= 11 is 0. The summed E-state index contributed by atoms with van der Waals surface area (Å²) in [5.41, 5.74) is 4.01. The third kappa shape index (κ3) is 4.24. The van der Waals surface area contributed by atoms with Crippen molar-refractivity contribution >= 4 is 5.69 Å². The molecule has 2 nitrogen and oxygen atoms in total. The van der Waals surface area contributed by atoms with Gasteiger partial charge in [0.2, 0.25) is 0 Å². The van der Waals surface area contributed by atoms with E-state index >= 15 is 0 Å². The summed E-state index contributed by atoms with van der Waals surface area (Å²) in [6, 6.07) is 6.69.